The fourth-order valence-electron chi connectivity index (χ4n) is 5.03. The number of aliphatic hydroxyl groups is 1. The maximum absolute atomic E-state index is 12.9. The Balaban J connectivity index is 1.32. The van der Waals surface area contributed by atoms with E-state index >= 15 is 0 Å². The number of carbonyl (C=O) groups is 2. The SMILES string of the molecule is CC(=O)Nc1ccccc1SCC(=O)N1C[C@H]2C[C@@H](N3CCOCC3)[C@H](O)C[C@H]2C1. The smallest absolute Gasteiger partial charge is 0.232 e. The van der Waals surface area contributed by atoms with Crippen LogP contribution in [0.5, 0.6) is 0 Å². The number of likely N-dealkylation sites (tertiary alicyclic amines) is 1. The van der Waals surface area contributed by atoms with Crippen molar-refractivity contribution in [1.29, 1.82) is 0 Å². The molecule has 0 radical (unpaired) electrons. The molecule has 164 valence electrons. The fraction of sp³-hybridized carbons (Fsp3) is 0.636. The normalized spacial score (nSPS) is 29.5. The number of ether oxygens (including phenoxy) is 1. The van der Waals surface area contributed by atoms with Gasteiger partial charge in [0.05, 0.1) is 30.8 Å². The lowest BCUT2D eigenvalue weighted by molar-refractivity contribution is -0.127. The van der Waals surface area contributed by atoms with Gasteiger partial charge in [0.25, 0.3) is 0 Å². The molecule has 1 saturated carbocycles. The Morgan fingerprint density at radius 1 is 1.17 bits per heavy atom. The zero-order valence-corrected chi connectivity index (χ0v) is 18.3. The molecule has 1 aliphatic carbocycles. The summed E-state index contributed by atoms with van der Waals surface area (Å²) in [4.78, 5) is 29.5. The number of rotatable bonds is 5. The van der Waals surface area contributed by atoms with Crippen LogP contribution in [-0.4, -0.2) is 84.0 Å². The van der Waals surface area contributed by atoms with Gasteiger partial charge in [-0.3, -0.25) is 14.5 Å². The third-order valence-electron chi connectivity index (χ3n) is 6.53. The van der Waals surface area contributed by atoms with E-state index in [0.29, 0.717) is 17.6 Å². The van der Waals surface area contributed by atoms with Crippen LogP contribution >= 0.6 is 11.8 Å². The van der Waals surface area contributed by atoms with Crippen molar-refractivity contribution in [3.8, 4) is 0 Å². The molecule has 30 heavy (non-hydrogen) atoms. The Kier molecular flexibility index (Phi) is 6.98. The van der Waals surface area contributed by atoms with Gasteiger partial charge in [-0.25, -0.2) is 0 Å². The van der Waals surface area contributed by atoms with E-state index in [2.05, 4.69) is 10.2 Å². The van der Waals surface area contributed by atoms with E-state index in [-0.39, 0.29) is 24.0 Å². The first-order valence-electron chi connectivity index (χ1n) is 10.8. The van der Waals surface area contributed by atoms with E-state index in [1.165, 1.54) is 18.7 Å². The summed E-state index contributed by atoms with van der Waals surface area (Å²) in [5.74, 6) is 1.21. The van der Waals surface area contributed by atoms with E-state index in [1.807, 2.05) is 29.2 Å². The van der Waals surface area contributed by atoms with Gasteiger partial charge >= 0.3 is 0 Å². The van der Waals surface area contributed by atoms with Crippen molar-refractivity contribution >= 4 is 29.3 Å². The number of amides is 2. The lowest BCUT2D eigenvalue weighted by Crippen LogP contribution is -2.53. The Hall–Kier alpha value is -1.61. The van der Waals surface area contributed by atoms with Crippen molar-refractivity contribution in [2.45, 2.75) is 36.8 Å². The van der Waals surface area contributed by atoms with Crippen molar-refractivity contribution < 1.29 is 19.4 Å². The fourth-order valence-corrected chi connectivity index (χ4v) is 5.94. The number of morpholine rings is 1. The quantitative estimate of drug-likeness (QED) is 0.688. The first-order valence-corrected chi connectivity index (χ1v) is 11.8. The first kappa shape index (κ1) is 21.6. The van der Waals surface area contributed by atoms with Gasteiger partial charge < -0.3 is 20.1 Å². The molecule has 3 fully saturated rings. The van der Waals surface area contributed by atoms with Gasteiger partial charge in [-0.05, 0) is 36.8 Å². The van der Waals surface area contributed by atoms with Crippen molar-refractivity contribution in [3.63, 3.8) is 0 Å². The minimum atomic E-state index is -0.321. The van der Waals surface area contributed by atoms with Crippen LogP contribution in [0.4, 0.5) is 5.69 Å². The molecule has 0 bridgehead atoms. The number of nitrogens with zero attached hydrogens (tertiary/aromatic N) is 2. The lowest BCUT2D eigenvalue weighted by Gasteiger charge is -2.43. The Morgan fingerprint density at radius 3 is 2.60 bits per heavy atom. The van der Waals surface area contributed by atoms with Crippen LogP contribution in [0.3, 0.4) is 0 Å². The highest BCUT2D eigenvalue weighted by molar-refractivity contribution is 8.00. The van der Waals surface area contributed by atoms with Crippen molar-refractivity contribution in [3.05, 3.63) is 24.3 Å². The topological polar surface area (TPSA) is 82.1 Å². The highest BCUT2D eigenvalue weighted by Gasteiger charge is 2.44. The molecule has 7 nitrogen and oxygen atoms in total. The van der Waals surface area contributed by atoms with Gasteiger partial charge in [0.1, 0.15) is 0 Å². The molecule has 1 aromatic rings. The molecule has 2 heterocycles. The molecule has 2 N–H and O–H groups in total. The summed E-state index contributed by atoms with van der Waals surface area (Å²) in [6.45, 7) is 6.24. The van der Waals surface area contributed by atoms with E-state index in [1.54, 1.807) is 0 Å². The molecular weight excluding hydrogens is 402 g/mol. The summed E-state index contributed by atoms with van der Waals surface area (Å²) in [6, 6.07) is 7.75. The van der Waals surface area contributed by atoms with Crippen LogP contribution in [0.1, 0.15) is 19.8 Å². The number of aliphatic hydroxyl groups excluding tert-OH is 1. The number of anilines is 1. The van der Waals surface area contributed by atoms with E-state index < -0.39 is 0 Å². The minimum Gasteiger partial charge on any atom is -0.391 e. The number of nitrogens with one attached hydrogen (secondary N) is 1. The van der Waals surface area contributed by atoms with Crippen LogP contribution in [0.2, 0.25) is 0 Å². The third kappa shape index (κ3) is 4.99. The van der Waals surface area contributed by atoms with E-state index in [9.17, 15) is 14.7 Å². The Morgan fingerprint density at radius 2 is 1.87 bits per heavy atom. The highest BCUT2D eigenvalue weighted by atomic mass is 32.2. The van der Waals surface area contributed by atoms with Gasteiger partial charge in [0, 0.05) is 44.0 Å². The van der Waals surface area contributed by atoms with Gasteiger partial charge in [0.15, 0.2) is 0 Å². The minimum absolute atomic E-state index is 0.119. The molecule has 0 unspecified atom stereocenters. The van der Waals surface area contributed by atoms with Crippen molar-refractivity contribution in [1.82, 2.24) is 9.80 Å². The maximum Gasteiger partial charge on any atom is 0.232 e. The average Bonchev–Trinajstić information content (AvgIpc) is 3.15. The summed E-state index contributed by atoms with van der Waals surface area (Å²) in [7, 11) is 0. The van der Waals surface area contributed by atoms with E-state index in [4.69, 9.17) is 4.74 Å². The molecule has 2 aliphatic heterocycles. The van der Waals surface area contributed by atoms with Crippen molar-refractivity contribution in [2.24, 2.45) is 11.8 Å². The van der Waals surface area contributed by atoms with Gasteiger partial charge in [-0.1, -0.05) is 12.1 Å². The van der Waals surface area contributed by atoms with Crippen LogP contribution in [0, 0.1) is 11.8 Å². The predicted octanol–water partition coefficient (Wildman–Crippen LogP) is 1.67. The second kappa shape index (κ2) is 9.68. The van der Waals surface area contributed by atoms with Gasteiger partial charge in [-0.15, -0.1) is 11.8 Å². The summed E-state index contributed by atoms with van der Waals surface area (Å²) in [6.07, 6.45) is 1.40. The third-order valence-corrected chi connectivity index (χ3v) is 7.58. The lowest BCUT2D eigenvalue weighted by atomic mass is 9.77. The molecule has 1 aromatic carbocycles. The molecule has 0 spiro atoms. The first-order chi connectivity index (χ1) is 14.5. The number of benzene rings is 1. The average molecular weight is 434 g/mol. The van der Waals surface area contributed by atoms with E-state index in [0.717, 1.165) is 62.8 Å². The Bertz CT molecular complexity index is 771. The second-order valence-corrected chi connectivity index (χ2v) is 9.56. The zero-order valence-electron chi connectivity index (χ0n) is 17.5. The second-order valence-electron chi connectivity index (χ2n) is 8.54. The summed E-state index contributed by atoms with van der Waals surface area (Å²) >= 11 is 1.46. The molecule has 2 saturated heterocycles. The summed E-state index contributed by atoms with van der Waals surface area (Å²) in [5, 5.41) is 13.5. The number of carbonyl (C=O) groups excluding carboxylic acids is 2. The van der Waals surface area contributed by atoms with Crippen LogP contribution in [0.25, 0.3) is 0 Å². The highest BCUT2D eigenvalue weighted by Crippen LogP contribution is 2.39. The largest absolute Gasteiger partial charge is 0.391 e. The number of fused-ring (bicyclic) bond motifs is 1. The number of hydrogen-bond acceptors (Lipinski definition) is 6. The summed E-state index contributed by atoms with van der Waals surface area (Å²) < 4.78 is 5.45. The van der Waals surface area contributed by atoms with Gasteiger partial charge in [-0.2, -0.15) is 0 Å². The number of para-hydroxylation sites is 1. The molecule has 4 rings (SSSR count). The Labute approximate surface area is 182 Å². The molecule has 4 atom stereocenters. The van der Waals surface area contributed by atoms with Gasteiger partial charge in [0.2, 0.25) is 11.8 Å². The molecule has 3 aliphatic rings. The zero-order chi connectivity index (χ0) is 21.1. The number of hydrogen-bond donors (Lipinski definition) is 2. The van der Waals surface area contributed by atoms with Crippen LogP contribution in [-0.2, 0) is 14.3 Å². The van der Waals surface area contributed by atoms with Crippen LogP contribution < -0.4 is 5.32 Å². The van der Waals surface area contributed by atoms with Crippen molar-refractivity contribution in [2.75, 3.05) is 50.5 Å². The maximum atomic E-state index is 12.9. The monoisotopic (exact) mass is 433 g/mol. The molecule has 0 aromatic heterocycles. The predicted molar refractivity (Wildman–Crippen MR) is 116 cm³/mol. The molecule has 8 heteroatoms. The van der Waals surface area contributed by atoms with Crippen LogP contribution in [0.15, 0.2) is 29.2 Å². The molecule has 2 amide bonds. The standard InChI is InChI=1S/C22H31N3O4S/c1-15(26)23-18-4-2-3-5-21(18)30-14-22(28)25-12-16-10-19(20(27)11-17(16)13-25)24-6-8-29-9-7-24/h2-5,16-17,19-20,27H,6-14H2,1H3,(H,23,26)/t16-,17+,19-,20-/m1/s1. The number of thioether (sulfide) groups is 1. The summed E-state index contributed by atoms with van der Waals surface area (Å²) in [5.41, 5.74) is 0.745. The molecular formula is C22H31N3O4S.